The van der Waals surface area contributed by atoms with Gasteiger partial charge < -0.3 is 15.8 Å². The molecule has 0 aromatic heterocycles. The van der Waals surface area contributed by atoms with Crippen LogP contribution in [0.15, 0.2) is 18.2 Å². The number of halogens is 3. The van der Waals surface area contributed by atoms with Gasteiger partial charge in [0.15, 0.2) is 0 Å². The van der Waals surface area contributed by atoms with E-state index < -0.39 is 23.6 Å². The number of nitrogens with one attached hydrogen (secondary N) is 1. The highest BCUT2D eigenvalue weighted by Crippen LogP contribution is 2.13. The van der Waals surface area contributed by atoms with Gasteiger partial charge in [0, 0.05) is 25.4 Å². The molecule has 7 heteroatoms. The Kier molecular flexibility index (Phi) is 7.42. The zero-order chi connectivity index (χ0) is 12.8. The van der Waals surface area contributed by atoms with Gasteiger partial charge in [0.2, 0.25) is 5.91 Å². The molecular weight excluding hydrogens is 266 g/mol. The maximum atomic E-state index is 12.8. The van der Waals surface area contributed by atoms with Crippen LogP contribution in [0.25, 0.3) is 0 Å². The highest BCUT2D eigenvalue weighted by molar-refractivity contribution is 5.91. The van der Waals surface area contributed by atoms with Crippen LogP contribution in [0.5, 0.6) is 0 Å². The number of methoxy groups -OCH3 is 1. The molecular formula is C11H15ClF2N2O2. The molecule has 0 aliphatic heterocycles. The van der Waals surface area contributed by atoms with Crippen LogP contribution < -0.4 is 11.1 Å². The summed E-state index contributed by atoms with van der Waals surface area (Å²) in [6.07, 6.45) is -0.376. The van der Waals surface area contributed by atoms with Crippen molar-refractivity contribution in [3.05, 3.63) is 29.8 Å². The third-order valence-electron chi connectivity index (χ3n) is 2.16. The number of carbonyl (C=O) groups excluding carboxylic acids is 1. The Morgan fingerprint density at radius 3 is 2.39 bits per heavy atom. The van der Waals surface area contributed by atoms with Gasteiger partial charge in [-0.2, -0.15) is 0 Å². The van der Waals surface area contributed by atoms with Gasteiger partial charge in [-0.15, -0.1) is 12.4 Å². The molecule has 1 rings (SSSR count). The normalized spacial score (nSPS) is 11.6. The summed E-state index contributed by atoms with van der Waals surface area (Å²) in [7, 11) is 1.44. The van der Waals surface area contributed by atoms with Gasteiger partial charge in [0.1, 0.15) is 11.6 Å². The van der Waals surface area contributed by atoms with Crippen LogP contribution in [0.2, 0.25) is 0 Å². The molecule has 1 amide bonds. The van der Waals surface area contributed by atoms with E-state index in [2.05, 4.69) is 5.32 Å². The highest BCUT2D eigenvalue weighted by Gasteiger charge is 2.12. The Balaban J connectivity index is 0.00000289. The largest absolute Gasteiger partial charge is 0.380 e. The minimum Gasteiger partial charge on any atom is -0.380 e. The first-order chi connectivity index (χ1) is 8.05. The molecule has 0 saturated heterocycles. The van der Waals surface area contributed by atoms with Gasteiger partial charge in [0.05, 0.1) is 12.5 Å². The number of benzene rings is 1. The molecule has 0 aliphatic rings. The summed E-state index contributed by atoms with van der Waals surface area (Å²) >= 11 is 0. The van der Waals surface area contributed by atoms with E-state index in [4.69, 9.17) is 10.5 Å². The minimum absolute atomic E-state index is 0. The van der Waals surface area contributed by atoms with E-state index in [0.717, 1.165) is 18.2 Å². The van der Waals surface area contributed by atoms with E-state index in [0.29, 0.717) is 0 Å². The monoisotopic (exact) mass is 280 g/mol. The van der Waals surface area contributed by atoms with E-state index in [9.17, 15) is 13.6 Å². The van der Waals surface area contributed by atoms with E-state index in [1.165, 1.54) is 7.11 Å². The molecule has 0 heterocycles. The van der Waals surface area contributed by atoms with Crippen molar-refractivity contribution < 1.29 is 18.3 Å². The fourth-order valence-corrected chi connectivity index (χ4v) is 1.31. The summed E-state index contributed by atoms with van der Waals surface area (Å²) in [6.45, 7) is 0.196. The zero-order valence-electron chi connectivity index (χ0n) is 9.78. The fraction of sp³-hybridized carbons (Fsp3) is 0.364. The molecule has 1 atom stereocenters. The van der Waals surface area contributed by atoms with Gasteiger partial charge >= 0.3 is 0 Å². The maximum absolute atomic E-state index is 12.8. The van der Waals surface area contributed by atoms with Gasteiger partial charge in [-0.3, -0.25) is 4.79 Å². The predicted octanol–water partition coefficient (Wildman–Crippen LogP) is 1.69. The highest BCUT2D eigenvalue weighted by atomic mass is 35.5. The number of nitrogens with two attached hydrogens (primary N) is 1. The van der Waals surface area contributed by atoms with Gasteiger partial charge in [-0.1, -0.05) is 0 Å². The molecule has 1 aromatic carbocycles. The smallest absolute Gasteiger partial charge is 0.227 e. The number of hydrogen-bond donors (Lipinski definition) is 2. The molecule has 0 radical (unpaired) electrons. The zero-order valence-corrected chi connectivity index (χ0v) is 10.6. The lowest BCUT2D eigenvalue weighted by molar-refractivity contribution is -0.118. The molecule has 102 valence electrons. The van der Waals surface area contributed by atoms with E-state index >= 15 is 0 Å². The van der Waals surface area contributed by atoms with Crippen molar-refractivity contribution >= 4 is 24.0 Å². The van der Waals surface area contributed by atoms with Crippen molar-refractivity contribution in [2.45, 2.75) is 12.5 Å². The van der Waals surface area contributed by atoms with E-state index in [-0.39, 0.29) is 31.1 Å². The topological polar surface area (TPSA) is 64.3 Å². The average Bonchev–Trinajstić information content (AvgIpc) is 2.24. The Morgan fingerprint density at radius 1 is 1.39 bits per heavy atom. The molecule has 4 nitrogen and oxygen atoms in total. The van der Waals surface area contributed by atoms with Gasteiger partial charge in [0.25, 0.3) is 0 Å². The van der Waals surface area contributed by atoms with Crippen LogP contribution in [0.4, 0.5) is 14.5 Å². The Labute approximate surface area is 110 Å². The molecule has 1 aromatic rings. The summed E-state index contributed by atoms with van der Waals surface area (Å²) in [6, 6.07) is 2.80. The first-order valence-electron chi connectivity index (χ1n) is 5.04. The van der Waals surface area contributed by atoms with Crippen LogP contribution in [-0.4, -0.2) is 25.7 Å². The summed E-state index contributed by atoms with van der Waals surface area (Å²) in [5, 5.41) is 2.37. The Hall–Kier alpha value is -1.24. The predicted molar refractivity (Wildman–Crippen MR) is 66.7 cm³/mol. The van der Waals surface area contributed by atoms with Crippen molar-refractivity contribution in [3.8, 4) is 0 Å². The number of amides is 1. The van der Waals surface area contributed by atoms with E-state index in [1.807, 2.05) is 0 Å². The van der Waals surface area contributed by atoms with Gasteiger partial charge in [-0.25, -0.2) is 8.78 Å². The second-order valence-electron chi connectivity index (χ2n) is 3.50. The first-order valence-corrected chi connectivity index (χ1v) is 5.04. The summed E-state index contributed by atoms with van der Waals surface area (Å²) in [5.74, 6) is -1.91. The molecule has 0 saturated carbocycles. The molecule has 0 aliphatic carbocycles. The number of ether oxygens (including phenoxy) is 1. The first kappa shape index (κ1) is 16.8. The fourth-order valence-electron chi connectivity index (χ4n) is 1.31. The Morgan fingerprint density at radius 2 is 1.94 bits per heavy atom. The van der Waals surface area contributed by atoms with Gasteiger partial charge in [-0.05, 0) is 12.1 Å². The van der Waals surface area contributed by atoms with Crippen molar-refractivity contribution in [3.63, 3.8) is 0 Å². The van der Waals surface area contributed by atoms with Crippen molar-refractivity contribution in [1.82, 2.24) is 0 Å². The Bertz CT molecular complexity index is 380. The lowest BCUT2D eigenvalue weighted by Gasteiger charge is -2.12. The SMILES string of the molecule is COC(CN)CC(=O)Nc1cc(F)cc(F)c1.Cl. The number of rotatable bonds is 5. The van der Waals surface area contributed by atoms with Crippen LogP contribution in [0.1, 0.15) is 6.42 Å². The van der Waals surface area contributed by atoms with Crippen molar-refractivity contribution in [2.24, 2.45) is 5.73 Å². The minimum atomic E-state index is -0.748. The maximum Gasteiger partial charge on any atom is 0.227 e. The quantitative estimate of drug-likeness (QED) is 0.863. The molecule has 18 heavy (non-hydrogen) atoms. The van der Waals surface area contributed by atoms with Crippen LogP contribution >= 0.6 is 12.4 Å². The molecule has 0 fully saturated rings. The summed E-state index contributed by atoms with van der Waals surface area (Å²) in [4.78, 5) is 11.5. The lowest BCUT2D eigenvalue weighted by Crippen LogP contribution is -2.28. The number of carbonyl (C=O) groups is 1. The third-order valence-corrected chi connectivity index (χ3v) is 2.16. The average molecular weight is 281 g/mol. The molecule has 3 N–H and O–H groups in total. The molecule has 0 bridgehead atoms. The van der Waals surface area contributed by atoms with Crippen LogP contribution in [0, 0.1) is 11.6 Å². The van der Waals surface area contributed by atoms with E-state index in [1.54, 1.807) is 0 Å². The third kappa shape index (κ3) is 5.39. The van der Waals surface area contributed by atoms with Crippen LogP contribution in [-0.2, 0) is 9.53 Å². The molecule has 0 spiro atoms. The second kappa shape index (κ2) is 7.97. The molecule has 1 unspecified atom stereocenters. The second-order valence-corrected chi connectivity index (χ2v) is 3.50. The number of anilines is 1. The van der Waals surface area contributed by atoms with Crippen LogP contribution in [0.3, 0.4) is 0 Å². The lowest BCUT2D eigenvalue weighted by atomic mass is 10.2. The number of hydrogen-bond acceptors (Lipinski definition) is 3. The standard InChI is InChI=1S/C11H14F2N2O2.ClH/c1-17-10(6-14)5-11(16)15-9-3-7(12)2-8(13)4-9;/h2-4,10H,5-6,14H2,1H3,(H,15,16);1H. The van der Waals surface area contributed by atoms with Crippen molar-refractivity contribution in [1.29, 1.82) is 0 Å². The summed E-state index contributed by atoms with van der Waals surface area (Å²) < 4.78 is 30.6. The van der Waals surface area contributed by atoms with Crippen molar-refractivity contribution in [2.75, 3.05) is 19.0 Å². The summed E-state index contributed by atoms with van der Waals surface area (Å²) in [5.41, 5.74) is 5.42.